The lowest BCUT2D eigenvalue weighted by Gasteiger charge is -2.21. The number of carbonyl (C=O) groups is 1. The van der Waals surface area contributed by atoms with Crippen LogP contribution in [-0.2, 0) is 14.3 Å². The maximum Gasteiger partial charge on any atom is 0.249 e. The fourth-order valence-corrected chi connectivity index (χ4v) is 1.69. The molecule has 1 amide bonds. The largest absolute Gasteiger partial charge is 0.379 e. The Kier molecular flexibility index (Phi) is 6.96. The molecule has 0 aliphatic carbocycles. The first-order valence-corrected chi connectivity index (χ1v) is 6.50. The van der Waals surface area contributed by atoms with Gasteiger partial charge in [0.05, 0.1) is 13.2 Å². The molecule has 1 aliphatic rings. The van der Waals surface area contributed by atoms with Crippen molar-refractivity contribution < 1.29 is 14.3 Å². The molecule has 1 rings (SSSR count). The molecule has 0 bridgehead atoms. The molecule has 5 heteroatoms. The molecule has 4 nitrogen and oxygen atoms in total. The summed E-state index contributed by atoms with van der Waals surface area (Å²) >= 11 is 3.26. The van der Waals surface area contributed by atoms with Crippen LogP contribution in [0.2, 0.25) is 0 Å². The van der Waals surface area contributed by atoms with Crippen molar-refractivity contribution in [2.24, 2.45) is 0 Å². The molecule has 1 N–H and O–H groups in total. The van der Waals surface area contributed by atoms with Crippen molar-refractivity contribution in [2.75, 3.05) is 31.7 Å². The topological polar surface area (TPSA) is 47.6 Å². The first-order valence-electron chi connectivity index (χ1n) is 5.37. The summed E-state index contributed by atoms with van der Waals surface area (Å²) in [6, 6.07) is 0. The number of halogens is 1. The van der Waals surface area contributed by atoms with Crippen molar-refractivity contribution in [3.63, 3.8) is 0 Å². The predicted octanol–water partition coefficient (Wildman–Crippen LogP) is 1.08. The van der Waals surface area contributed by atoms with Crippen LogP contribution in [0.25, 0.3) is 0 Å². The van der Waals surface area contributed by atoms with Crippen molar-refractivity contribution in [2.45, 2.75) is 25.4 Å². The highest BCUT2D eigenvalue weighted by Gasteiger charge is 2.20. The van der Waals surface area contributed by atoms with Gasteiger partial charge in [-0.1, -0.05) is 15.9 Å². The Balaban J connectivity index is 2.02. The Hall–Kier alpha value is -0.130. The third-order valence-corrected chi connectivity index (χ3v) is 2.56. The Morgan fingerprint density at radius 2 is 2.33 bits per heavy atom. The molecule has 0 aromatic carbocycles. The van der Waals surface area contributed by atoms with E-state index in [-0.39, 0.29) is 12.0 Å². The fraction of sp³-hybridized carbons (Fsp3) is 0.900. The first kappa shape index (κ1) is 12.9. The minimum Gasteiger partial charge on any atom is -0.379 e. The van der Waals surface area contributed by atoms with Gasteiger partial charge >= 0.3 is 0 Å². The average molecular weight is 280 g/mol. The van der Waals surface area contributed by atoms with E-state index in [1.807, 2.05) is 0 Å². The Morgan fingerprint density at radius 1 is 1.47 bits per heavy atom. The molecule has 1 heterocycles. The zero-order chi connectivity index (χ0) is 10.9. The van der Waals surface area contributed by atoms with E-state index in [0.717, 1.165) is 24.6 Å². The van der Waals surface area contributed by atoms with E-state index in [0.29, 0.717) is 26.4 Å². The molecule has 1 atom stereocenters. The van der Waals surface area contributed by atoms with E-state index in [4.69, 9.17) is 9.47 Å². The molecule has 0 aromatic heterocycles. The third kappa shape index (κ3) is 5.49. The van der Waals surface area contributed by atoms with Crippen molar-refractivity contribution in [1.82, 2.24) is 5.32 Å². The summed E-state index contributed by atoms with van der Waals surface area (Å²) in [5, 5.41) is 3.63. The van der Waals surface area contributed by atoms with Gasteiger partial charge in [-0.3, -0.25) is 4.79 Å². The van der Waals surface area contributed by atoms with Gasteiger partial charge in [-0.15, -0.1) is 0 Å². The van der Waals surface area contributed by atoms with Gasteiger partial charge in [-0.2, -0.15) is 0 Å². The lowest BCUT2D eigenvalue weighted by atomic mass is 10.1. The van der Waals surface area contributed by atoms with Crippen LogP contribution in [0.5, 0.6) is 0 Å². The summed E-state index contributed by atoms with van der Waals surface area (Å²) in [5.41, 5.74) is 0. The standard InChI is InChI=1S/C10H18BrNO3/c11-4-7-14-8-5-12-10(13)9-3-1-2-6-15-9/h9H,1-8H2,(H,12,13). The van der Waals surface area contributed by atoms with Gasteiger partial charge in [-0.05, 0) is 19.3 Å². The Morgan fingerprint density at radius 3 is 3.00 bits per heavy atom. The molecule has 0 spiro atoms. The lowest BCUT2D eigenvalue weighted by molar-refractivity contribution is -0.135. The summed E-state index contributed by atoms with van der Waals surface area (Å²) in [4.78, 5) is 11.5. The molecule has 1 saturated heterocycles. The van der Waals surface area contributed by atoms with Crippen LogP contribution in [0.3, 0.4) is 0 Å². The van der Waals surface area contributed by atoms with Crippen LogP contribution < -0.4 is 5.32 Å². The van der Waals surface area contributed by atoms with E-state index >= 15 is 0 Å². The summed E-state index contributed by atoms with van der Waals surface area (Å²) in [6.07, 6.45) is 2.75. The zero-order valence-corrected chi connectivity index (χ0v) is 10.4. The molecular weight excluding hydrogens is 262 g/mol. The van der Waals surface area contributed by atoms with Crippen molar-refractivity contribution in [3.8, 4) is 0 Å². The van der Waals surface area contributed by atoms with Crippen LogP contribution in [-0.4, -0.2) is 43.7 Å². The Bertz CT molecular complexity index is 184. The minimum atomic E-state index is -0.241. The molecule has 88 valence electrons. The summed E-state index contributed by atoms with van der Waals surface area (Å²) < 4.78 is 10.6. The number of ether oxygens (including phenoxy) is 2. The summed E-state index contributed by atoms with van der Waals surface area (Å²) in [6.45, 7) is 2.50. The van der Waals surface area contributed by atoms with Crippen LogP contribution in [0.15, 0.2) is 0 Å². The highest BCUT2D eigenvalue weighted by Crippen LogP contribution is 2.12. The van der Waals surface area contributed by atoms with E-state index in [9.17, 15) is 4.79 Å². The van der Waals surface area contributed by atoms with Gasteiger partial charge in [0.2, 0.25) is 5.91 Å². The summed E-state index contributed by atoms with van der Waals surface area (Å²) in [7, 11) is 0. The van der Waals surface area contributed by atoms with Gasteiger partial charge in [0.25, 0.3) is 0 Å². The molecule has 1 aliphatic heterocycles. The van der Waals surface area contributed by atoms with Crippen LogP contribution >= 0.6 is 15.9 Å². The maximum absolute atomic E-state index is 11.5. The number of hydrogen-bond acceptors (Lipinski definition) is 3. The van der Waals surface area contributed by atoms with Gasteiger partial charge in [-0.25, -0.2) is 0 Å². The molecule has 0 saturated carbocycles. The normalized spacial score (nSPS) is 21.3. The second-order valence-electron chi connectivity index (χ2n) is 3.45. The number of amides is 1. The van der Waals surface area contributed by atoms with Gasteiger partial charge in [0, 0.05) is 18.5 Å². The number of rotatable bonds is 6. The van der Waals surface area contributed by atoms with E-state index in [2.05, 4.69) is 21.2 Å². The second-order valence-corrected chi connectivity index (χ2v) is 4.24. The fourth-order valence-electron chi connectivity index (χ4n) is 1.46. The van der Waals surface area contributed by atoms with Gasteiger partial charge in [0.15, 0.2) is 0 Å². The Labute approximate surface area is 98.8 Å². The molecule has 0 radical (unpaired) electrons. The first-order chi connectivity index (χ1) is 7.34. The summed E-state index contributed by atoms with van der Waals surface area (Å²) in [5.74, 6) is -0.00265. The molecular formula is C10H18BrNO3. The maximum atomic E-state index is 11.5. The van der Waals surface area contributed by atoms with Crippen LogP contribution in [0.4, 0.5) is 0 Å². The highest BCUT2D eigenvalue weighted by molar-refractivity contribution is 9.09. The number of nitrogens with one attached hydrogen (secondary N) is 1. The quantitative estimate of drug-likeness (QED) is 0.585. The average Bonchev–Trinajstić information content (AvgIpc) is 2.30. The number of alkyl halides is 1. The molecule has 1 unspecified atom stereocenters. The van der Waals surface area contributed by atoms with Gasteiger partial charge < -0.3 is 14.8 Å². The van der Waals surface area contributed by atoms with Crippen LogP contribution in [0.1, 0.15) is 19.3 Å². The van der Waals surface area contributed by atoms with Crippen molar-refractivity contribution in [3.05, 3.63) is 0 Å². The van der Waals surface area contributed by atoms with Crippen molar-refractivity contribution in [1.29, 1.82) is 0 Å². The molecule has 15 heavy (non-hydrogen) atoms. The third-order valence-electron chi connectivity index (χ3n) is 2.24. The monoisotopic (exact) mass is 279 g/mol. The van der Waals surface area contributed by atoms with E-state index < -0.39 is 0 Å². The van der Waals surface area contributed by atoms with Gasteiger partial charge in [0.1, 0.15) is 6.10 Å². The smallest absolute Gasteiger partial charge is 0.249 e. The minimum absolute atomic E-state index is 0.00265. The van der Waals surface area contributed by atoms with Crippen LogP contribution in [0, 0.1) is 0 Å². The predicted molar refractivity (Wildman–Crippen MR) is 61.2 cm³/mol. The number of carbonyl (C=O) groups excluding carboxylic acids is 1. The zero-order valence-electron chi connectivity index (χ0n) is 8.84. The molecule has 0 aromatic rings. The lowest BCUT2D eigenvalue weighted by Crippen LogP contribution is -2.39. The number of hydrogen-bond donors (Lipinski definition) is 1. The van der Waals surface area contributed by atoms with E-state index in [1.54, 1.807) is 0 Å². The SMILES string of the molecule is O=C(NCCOCCBr)C1CCCCO1. The highest BCUT2D eigenvalue weighted by atomic mass is 79.9. The molecule has 1 fully saturated rings. The van der Waals surface area contributed by atoms with E-state index in [1.165, 1.54) is 0 Å². The second kappa shape index (κ2) is 8.07. The van der Waals surface area contributed by atoms with Crippen molar-refractivity contribution >= 4 is 21.8 Å².